The topological polar surface area (TPSA) is 250 Å². The highest BCUT2D eigenvalue weighted by Gasteiger charge is 2.58. The van der Waals surface area contributed by atoms with Crippen LogP contribution in [0.15, 0.2) is 206 Å². The van der Waals surface area contributed by atoms with Crippen LogP contribution in [0.2, 0.25) is 0 Å². The van der Waals surface area contributed by atoms with E-state index in [1.54, 1.807) is 50.2 Å². The van der Waals surface area contributed by atoms with Gasteiger partial charge in [-0.3, -0.25) is 0 Å². The first kappa shape index (κ1) is 64.6. The molecule has 0 saturated carbocycles. The maximum absolute atomic E-state index is 12.9. The van der Waals surface area contributed by atoms with Crippen molar-refractivity contribution in [1.29, 1.82) is 0 Å². The Balaban J connectivity index is 0.000000120. The fourth-order valence-electron chi connectivity index (χ4n) is 16.1. The Hall–Kier alpha value is -13.0. The van der Waals surface area contributed by atoms with Crippen molar-refractivity contribution < 1.29 is 83.2 Å². The second-order valence-electron chi connectivity index (χ2n) is 26.0. The first-order valence-electron chi connectivity index (χ1n) is 33.6. The highest BCUT2D eigenvalue weighted by atomic mass is 16.5. The van der Waals surface area contributed by atoms with E-state index in [-0.39, 0.29) is 87.2 Å². The van der Waals surface area contributed by atoms with E-state index < -0.39 is 28.2 Å². The number of hydrogen-bond acceptors (Lipinski definition) is 17. The van der Waals surface area contributed by atoms with Gasteiger partial charge in [0.1, 0.15) is 109 Å². The molecule has 7 N–H and O–H groups in total. The first-order chi connectivity index (χ1) is 49.8. The maximum atomic E-state index is 12.9. The zero-order valence-electron chi connectivity index (χ0n) is 56.8. The fraction of sp³-hybridized carbons (Fsp3) is 0.140. The standard InChI is InChI=1S/C31H24O8.C29H24O4.C26H18O5/c1-3-36-29(34)17-13-15-23-25(27(17)32)31(19-9-5-7-11-21(19)38-23)20-10-6-8-12-22(20)39-24-16-14-18(28(33)26(24)31)30(35)37-4-2;1-15-13-17(3)27-23(25(15)30)29(19-9-5-7-11-21(19)32-27)20-10-6-8-12-22(20)33-28-18(4)14-16(2)26(31)24(28)29;1-14-10-12-20-22(24(14)28)26(15-6-2-4-8-18(15)30-20)16-7-3-5-9-19(16)31-21-13-11-17(27)25(29)23(21)26/h5-16,32-33H,3-4H2,1-2H3;5-14,30-31H,1-4H3;2-13,27-29H,1H3. The monoisotopic (exact) mass is 1370 g/mol. The summed E-state index contributed by atoms with van der Waals surface area (Å²) in [4.78, 5) is 25.8. The van der Waals surface area contributed by atoms with Crippen molar-refractivity contribution in [2.24, 2.45) is 0 Å². The van der Waals surface area contributed by atoms with Gasteiger partial charge in [-0.25, -0.2) is 9.59 Å². The number of aromatic hydroxyl groups is 7. The highest BCUT2D eigenvalue weighted by molar-refractivity contribution is 5.97. The third-order valence-electron chi connectivity index (χ3n) is 20.3. The Morgan fingerprint density at radius 3 is 0.903 bits per heavy atom. The van der Waals surface area contributed by atoms with E-state index in [2.05, 4.69) is 0 Å². The molecule has 0 aliphatic carbocycles. The molecule has 17 nitrogen and oxygen atoms in total. The summed E-state index contributed by atoms with van der Waals surface area (Å²) in [5.41, 5.74) is 7.15. The Bertz CT molecular complexity index is 5270. The van der Waals surface area contributed by atoms with Crippen LogP contribution in [0.1, 0.15) is 129 Å². The molecule has 0 saturated heterocycles. The van der Waals surface area contributed by atoms with Gasteiger partial charge in [-0.15, -0.1) is 0 Å². The number of carbonyl (C=O) groups is 2. The number of ether oxygens (including phenoxy) is 8. The molecular weight excluding hydrogens is 1300 g/mol. The molecule has 0 fully saturated rings. The second kappa shape index (κ2) is 24.1. The van der Waals surface area contributed by atoms with E-state index in [9.17, 15) is 45.3 Å². The molecule has 6 heterocycles. The van der Waals surface area contributed by atoms with Crippen molar-refractivity contribution in [3.05, 3.63) is 312 Å². The summed E-state index contributed by atoms with van der Waals surface area (Å²) in [6, 6.07) is 61.8. The molecule has 103 heavy (non-hydrogen) atoms. The quantitative estimate of drug-likeness (QED) is 0.0639. The molecule has 12 aromatic carbocycles. The Kier molecular flexibility index (Phi) is 15.1. The van der Waals surface area contributed by atoms with Gasteiger partial charge >= 0.3 is 11.9 Å². The zero-order valence-corrected chi connectivity index (χ0v) is 56.8. The third-order valence-corrected chi connectivity index (χ3v) is 20.3. The van der Waals surface area contributed by atoms with Crippen molar-refractivity contribution in [2.45, 2.75) is 64.7 Å². The van der Waals surface area contributed by atoms with Crippen LogP contribution in [0, 0.1) is 34.6 Å². The molecule has 0 bridgehead atoms. The number of para-hydroxylation sites is 6. The molecule has 0 amide bonds. The fourth-order valence-corrected chi connectivity index (χ4v) is 16.1. The molecule has 3 spiro atoms. The van der Waals surface area contributed by atoms with Crippen molar-refractivity contribution in [3.63, 3.8) is 0 Å². The number of fused-ring (bicyclic) bond motifs is 24. The molecule has 0 aromatic heterocycles. The number of benzene rings is 12. The number of phenols is 7. The lowest BCUT2D eigenvalue weighted by Gasteiger charge is -2.46. The number of hydrogen-bond donors (Lipinski definition) is 7. The summed E-state index contributed by atoms with van der Waals surface area (Å²) >= 11 is 0. The number of rotatable bonds is 4. The van der Waals surface area contributed by atoms with Crippen LogP contribution in [0.4, 0.5) is 0 Å². The van der Waals surface area contributed by atoms with Crippen molar-refractivity contribution in [1.82, 2.24) is 0 Å². The van der Waals surface area contributed by atoms with Crippen molar-refractivity contribution in [3.8, 4) is 109 Å². The van der Waals surface area contributed by atoms with Gasteiger partial charge in [0.25, 0.3) is 0 Å². The minimum atomic E-state index is -1.45. The third kappa shape index (κ3) is 9.17. The lowest BCUT2D eigenvalue weighted by atomic mass is 9.61. The van der Waals surface area contributed by atoms with Gasteiger partial charge in [-0.05, 0) is 167 Å². The van der Waals surface area contributed by atoms with E-state index in [0.717, 1.165) is 44.5 Å². The van der Waals surface area contributed by atoms with Crippen molar-refractivity contribution in [2.75, 3.05) is 13.2 Å². The Labute approximate surface area is 591 Å². The molecule has 18 rings (SSSR count). The summed E-state index contributed by atoms with van der Waals surface area (Å²) in [7, 11) is 0. The average Bonchev–Trinajstić information content (AvgIpc) is 0.701. The number of esters is 2. The predicted molar refractivity (Wildman–Crippen MR) is 382 cm³/mol. The Morgan fingerprint density at radius 1 is 0.291 bits per heavy atom. The van der Waals surface area contributed by atoms with Crippen LogP contribution in [0.25, 0.3) is 0 Å². The van der Waals surface area contributed by atoms with E-state index in [4.69, 9.17) is 37.9 Å². The zero-order chi connectivity index (χ0) is 71.7. The minimum Gasteiger partial charge on any atom is -0.507 e. The van der Waals surface area contributed by atoms with Crippen LogP contribution >= 0.6 is 0 Å². The molecule has 512 valence electrons. The van der Waals surface area contributed by atoms with Crippen molar-refractivity contribution >= 4 is 11.9 Å². The van der Waals surface area contributed by atoms with E-state index >= 15 is 0 Å². The molecule has 6 aliphatic rings. The van der Waals surface area contributed by atoms with Gasteiger partial charge in [0, 0.05) is 33.4 Å². The predicted octanol–water partition coefficient (Wildman–Crippen LogP) is 18.7. The summed E-state index contributed by atoms with van der Waals surface area (Å²) in [6.07, 6.45) is 0. The first-order valence-corrected chi connectivity index (χ1v) is 33.6. The molecule has 6 aliphatic heterocycles. The summed E-state index contributed by atoms with van der Waals surface area (Å²) < 4.78 is 48.1. The molecule has 12 aromatic rings. The molecular formula is C86H66O17. The van der Waals surface area contributed by atoms with Crippen LogP contribution < -0.4 is 28.4 Å². The summed E-state index contributed by atoms with van der Waals surface area (Å²) in [5, 5.41) is 79.7. The lowest BCUT2D eigenvalue weighted by molar-refractivity contribution is 0.0513. The van der Waals surface area contributed by atoms with Gasteiger partial charge in [0.15, 0.2) is 11.5 Å². The normalized spacial score (nSPS) is 15.1. The average molecular weight is 1370 g/mol. The lowest BCUT2D eigenvalue weighted by Crippen LogP contribution is -2.37. The van der Waals surface area contributed by atoms with Gasteiger partial charge in [-0.1, -0.05) is 115 Å². The van der Waals surface area contributed by atoms with Gasteiger partial charge < -0.3 is 73.6 Å². The second-order valence-corrected chi connectivity index (χ2v) is 26.0. The maximum Gasteiger partial charge on any atom is 0.341 e. The SMILES string of the molecule is CCOC(=O)c1ccc2c(c1O)C1(c3ccccc3O2)c2ccccc2Oc2ccc(C(=O)OCC)c(O)c21.Cc1cc(C)c2c(c1O)C1(c3ccccc3O2)c2ccccc2Oc2c(C)cc(C)c(O)c21.Cc1ccc2c(c1O)C1(c3ccccc3O2)c2ccccc2Oc2ccc(O)c(O)c21. The number of carbonyl (C=O) groups excluding carboxylic acids is 2. The smallest absolute Gasteiger partial charge is 0.341 e. The Morgan fingerprint density at radius 2 is 0.563 bits per heavy atom. The van der Waals surface area contributed by atoms with E-state index in [0.29, 0.717) is 96.4 Å². The molecule has 1 unspecified atom stereocenters. The molecule has 1 atom stereocenters. The van der Waals surface area contributed by atoms with Crippen LogP contribution in [0.3, 0.4) is 0 Å². The van der Waals surface area contributed by atoms with Crippen LogP contribution in [-0.2, 0) is 25.7 Å². The number of aryl methyl sites for hydroxylation is 5. The van der Waals surface area contributed by atoms with E-state index in [1.807, 2.05) is 186 Å². The van der Waals surface area contributed by atoms with Gasteiger partial charge in [-0.2, -0.15) is 0 Å². The largest absolute Gasteiger partial charge is 0.507 e. The van der Waals surface area contributed by atoms with Gasteiger partial charge in [0.2, 0.25) is 0 Å². The van der Waals surface area contributed by atoms with Crippen LogP contribution in [-0.4, -0.2) is 60.9 Å². The molecule has 17 heteroatoms. The van der Waals surface area contributed by atoms with E-state index in [1.165, 1.54) is 18.2 Å². The minimum absolute atomic E-state index is 0.0653. The highest BCUT2D eigenvalue weighted by Crippen LogP contribution is 2.70. The van der Waals surface area contributed by atoms with Crippen LogP contribution in [0.5, 0.6) is 109 Å². The summed E-state index contributed by atoms with van der Waals surface area (Å²) in [6.45, 7) is 13.2. The molecule has 0 radical (unpaired) electrons. The summed E-state index contributed by atoms with van der Waals surface area (Å²) in [5.74, 6) is 3.81. The van der Waals surface area contributed by atoms with Gasteiger partial charge in [0.05, 0.1) is 62.8 Å². The number of phenolic OH excluding ortho intramolecular Hbond substituents is 7.